The van der Waals surface area contributed by atoms with E-state index in [1.807, 2.05) is 24.3 Å². The van der Waals surface area contributed by atoms with E-state index in [0.29, 0.717) is 6.61 Å². The first-order valence-corrected chi connectivity index (χ1v) is 7.55. The lowest BCUT2D eigenvalue weighted by Crippen LogP contribution is -2.17. The van der Waals surface area contributed by atoms with Gasteiger partial charge in [-0.1, -0.05) is 19.3 Å². The van der Waals surface area contributed by atoms with Crippen molar-refractivity contribution in [1.29, 1.82) is 0 Å². The maximum atomic E-state index is 11.3. The molecule has 1 aliphatic carbocycles. The molecule has 0 aliphatic heterocycles. The molecule has 1 aliphatic rings. The van der Waals surface area contributed by atoms with Gasteiger partial charge in [0.25, 0.3) is 0 Å². The number of ether oxygens (including phenoxy) is 1. The van der Waals surface area contributed by atoms with E-state index in [9.17, 15) is 4.79 Å². The average molecular weight is 276 g/mol. The lowest BCUT2D eigenvalue weighted by atomic mass is 9.89. The smallest absolute Gasteiger partial charge is 0.411 e. The predicted octanol–water partition coefficient (Wildman–Crippen LogP) is 4.25. The minimum Gasteiger partial charge on any atom is -0.450 e. The summed E-state index contributed by atoms with van der Waals surface area (Å²) in [5.41, 5.74) is 1.86. The molecule has 2 rings (SSSR count). The molecule has 1 fully saturated rings. The van der Waals surface area contributed by atoms with Gasteiger partial charge in [0.2, 0.25) is 0 Å². The predicted molar refractivity (Wildman–Crippen MR) is 82.2 cm³/mol. The fourth-order valence-corrected chi connectivity index (χ4v) is 2.61. The molecule has 4 nitrogen and oxygen atoms in total. The summed E-state index contributed by atoms with van der Waals surface area (Å²) in [6.45, 7) is 3.22. The lowest BCUT2D eigenvalue weighted by Gasteiger charge is -2.22. The van der Waals surface area contributed by atoms with E-state index < -0.39 is 6.09 Å². The van der Waals surface area contributed by atoms with Gasteiger partial charge in [-0.05, 0) is 49.9 Å². The lowest BCUT2D eigenvalue weighted by molar-refractivity contribution is 0.168. The molecule has 4 heteroatoms. The van der Waals surface area contributed by atoms with Crippen molar-refractivity contribution >= 4 is 17.5 Å². The van der Waals surface area contributed by atoms with Gasteiger partial charge < -0.3 is 10.1 Å². The first kappa shape index (κ1) is 14.7. The fourth-order valence-electron chi connectivity index (χ4n) is 2.61. The molecule has 0 spiro atoms. The number of amides is 1. The Kier molecular flexibility index (Phi) is 5.71. The average Bonchev–Trinajstić information content (AvgIpc) is 2.48. The van der Waals surface area contributed by atoms with Crippen LogP contribution in [0.1, 0.15) is 39.0 Å². The Morgan fingerprint density at radius 2 is 1.80 bits per heavy atom. The van der Waals surface area contributed by atoms with Crippen molar-refractivity contribution < 1.29 is 9.53 Å². The Morgan fingerprint density at radius 1 is 1.15 bits per heavy atom. The molecule has 1 amide bonds. The third kappa shape index (κ3) is 4.76. The summed E-state index contributed by atoms with van der Waals surface area (Å²) in [4.78, 5) is 11.3. The second-order valence-corrected chi connectivity index (χ2v) is 5.31. The Balaban J connectivity index is 1.77. The summed E-state index contributed by atoms with van der Waals surface area (Å²) in [7, 11) is 0. The van der Waals surface area contributed by atoms with Gasteiger partial charge in [0, 0.05) is 17.9 Å². The van der Waals surface area contributed by atoms with E-state index in [0.717, 1.165) is 23.8 Å². The molecule has 0 heterocycles. The second-order valence-electron chi connectivity index (χ2n) is 5.31. The number of hydrogen-bond donors (Lipinski definition) is 2. The van der Waals surface area contributed by atoms with Crippen molar-refractivity contribution in [3.05, 3.63) is 24.3 Å². The molecule has 0 atom stereocenters. The molecule has 1 aromatic rings. The van der Waals surface area contributed by atoms with Crippen LogP contribution < -0.4 is 10.6 Å². The highest BCUT2D eigenvalue weighted by Crippen LogP contribution is 2.24. The third-order valence-electron chi connectivity index (χ3n) is 3.73. The minimum atomic E-state index is -0.407. The summed E-state index contributed by atoms with van der Waals surface area (Å²) in [6.07, 6.45) is 6.41. The number of carbonyl (C=O) groups excluding carboxylic acids is 1. The van der Waals surface area contributed by atoms with Crippen LogP contribution >= 0.6 is 0 Å². The standard InChI is InChI=1S/C16H24N2O2/c1-2-20-16(19)18-15-10-8-14(9-11-15)17-12-13-6-4-3-5-7-13/h8-11,13,17H,2-7,12H2,1H3,(H,18,19). The minimum absolute atomic E-state index is 0.382. The van der Waals surface area contributed by atoms with Gasteiger partial charge in [-0.3, -0.25) is 5.32 Å². The third-order valence-corrected chi connectivity index (χ3v) is 3.73. The highest BCUT2D eigenvalue weighted by molar-refractivity contribution is 5.84. The van der Waals surface area contributed by atoms with Crippen molar-refractivity contribution in [2.45, 2.75) is 39.0 Å². The molecule has 0 radical (unpaired) electrons. The molecule has 1 aromatic carbocycles. The molecule has 1 saturated carbocycles. The van der Waals surface area contributed by atoms with Crippen molar-refractivity contribution in [2.75, 3.05) is 23.8 Å². The van der Waals surface area contributed by atoms with Gasteiger partial charge in [-0.25, -0.2) is 4.79 Å². The van der Waals surface area contributed by atoms with E-state index in [2.05, 4.69) is 10.6 Å². The molecule has 0 aromatic heterocycles. The topological polar surface area (TPSA) is 50.4 Å². The van der Waals surface area contributed by atoms with E-state index in [1.54, 1.807) is 6.92 Å². The molecule has 0 unspecified atom stereocenters. The Labute approximate surface area is 120 Å². The summed E-state index contributed by atoms with van der Waals surface area (Å²) >= 11 is 0. The van der Waals surface area contributed by atoms with Crippen LogP contribution in [0.25, 0.3) is 0 Å². The molecular weight excluding hydrogens is 252 g/mol. The summed E-state index contributed by atoms with van der Waals surface area (Å²) in [6, 6.07) is 7.76. The number of carbonyl (C=O) groups is 1. The molecule has 0 bridgehead atoms. The number of anilines is 2. The highest BCUT2D eigenvalue weighted by Gasteiger charge is 2.12. The molecule has 110 valence electrons. The maximum Gasteiger partial charge on any atom is 0.411 e. The number of nitrogens with one attached hydrogen (secondary N) is 2. The zero-order valence-corrected chi connectivity index (χ0v) is 12.2. The quantitative estimate of drug-likeness (QED) is 0.845. The van der Waals surface area contributed by atoms with Crippen LogP contribution in [0.3, 0.4) is 0 Å². The van der Waals surface area contributed by atoms with Crippen LogP contribution in [0.4, 0.5) is 16.2 Å². The highest BCUT2D eigenvalue weighted by atomic mass is 16.5. The van der Waals surface area contributed by atoms with Crippen molar-refractivity contribution in [3.8, 4) is 0 Å². The normalized spacial score (nSPS) is 15.7. The van der Waals surface area contributed by atoms with E-state index >= 15 is 0 Å². The van der Waals surface area contributed by atoms with Gasteiger partial charge in [0.15, 0.2) is 0 Å². The Bertz CT molecular complexity index is 411. The number of rotatable bonds is 5. The van der Waals surface area contributed by atoms with Gasteiger partial charge in [-0.2, -0.15) is 0 Å². The Morgan fingerprint density at radius 3 is 2.45 bits per heavy atom. The van der Waals surface area contributed by atoms with Crippen LogP contribution in [0.5, 0.6) is 0 Å². The zero-order chi connectivity index (χ0) is 14.2. The number of benzene rings is 1. The number of hydrogen-bond acceptors (Lipinski definition) is 3. The van der Waals surface area contributed by atoms with Crippen LogP contribution in [-0.4, -0.2) is 19.2 Å². The van der Waals surface area contributed by atoms with Gasteiger partial charge in [0.05, 0.1) is 6.61 Å². The van der Waals surface area contributed by atoms with E-state index in [1.165, 1.54) is 32.1 Å². The molecule has 20 heavy (non-hydrogen) atoms. The summed E-state index contributed by atoms with van der Waals surface area (Å²) in [5, 5.41) is 6.16. The molecule has 2 N–H and O–H groups in total. The maximum absolute atomic E-state index is 11.3. The monoisotopic (exact) mass is 276 g/mol. The molecular formula is C16H24N2O2. The first-order chi connectivity index (χ1) is 9.78. The van der Waals surface area contributed by atoms with Gasteiger partial charge >= 0.3 is 6.09 Å². The second kappa shape index (κ2) is 7.78. The van der Waals surface area contributed by atoms with Crippen LogP contribution in [0.15, 0.2) is 24.3 Å². The summed E-state index contributed by atoms with van der Waals surface area (Å²) in [5.74, 6) is 0.807. The van der Waals surface area contributed by atoms with Crippen LogP contribution in [0.2, 0.25) is 0 Å². The fraction of sp³-hybridized carbons (Fsp3) is 0.562. The van der Waals surface area contributed by atoms with Crippen molar-refractivity contribution in [3.63, 3.8) is 0 Å². The summed E-state index contributed by atoms with van der Waals surface area (Å²) < 4.78 is 4.84. The Hall–Kier alpha value is -1.71. The SMILES string of the molecule is CCOC(=O)Nc1ccc(NCC2CCCCC2)cc1. The van der Waals surface area contributed by atoms with Crippen molar-refractivity contribution in [1.82, 2.24) is 0 Å². The van der Waals surface area contributed by atoms with Gasteiger partial charge in [0.1, 0.15) is 0 Å². The van der Waals surface area contributed by atoms with Crippen molar-refractivity contribution in [2.24, 2.45) is 5.92 Å². The van der Waals surface area contributed by atoms with Gasteiger partial charge in [-0.15, -0.1) is 0 Å². The van der Waals surface area contributed by atoms with E-state index in [4.69, 9.17) is 4.74 Å². The molecule has 0 saturated heterocycles. The first-order valence-electron chi connectivity index (χ1n) is 7.55. The van der Waals surface area contributed by atoms with Crippen LogP contribution in [0, 0.1) is 5.92 Å². The van der Waals surface area contributed by atoms with Crippen LogP contribution in [-0.2, 0) is 4.74 Å². The zero-order valence-electron chi connectivity index (χ0n) is 12.2. The largest absolute Gasteiger partial charge is 0.450 e. The van der Waals surface area contributed by atoms with E-state index in [-0.39, 0.29) is 0 Å².